The molecule has 0 saturated carbocycles. The molecule has 1 atom stereocenters. The molecule has 2 aromatic rings. The number of carbonyl (C=O) groups excluding carboxylic acids is 1. The van der Waals surface area contributed by atoms with Gasteiger partial charge in [0.1, 0.15) is 0 Å². The van der Waals surface area contributed by atoms with Crippen LogP contribution in [0.2, 0.25) is 0 Å². The minimum atomic E-state index is -0.240. The number of hydrogen-bond donors (Lipinski definition) is 1. The van der Waals surface area contributed by atoms with Gasteiger partial charge in [-0.15, -0.1) is 0 Å². The van der Waals surface area contributed by atoms with E-state index in [4.69, 9.17) is 0 Å². The van der Waals surface area contributed by atoms with Gasteiger partial charge in [0.15, 0.2) is 0 Å². The molecule has 0 bridgehead atoms. The van der Waals surface area contributed by atoms with E-state index in [0.717, 1.165) is 17.5 Å². The third kappa shape index (κ3) is 3.93. The van der Waals surface area contributed by atoms with E-state index in [2.05, 4.69) is 74.1 Å². The van der Waals surface area contributed by atoms with Crippen LogP contribution in [0.25, 0.3) is 0 Å². The van der Waals surface area contributed by atoms with Crippen LogP contribution in [-0.2, 0) is 0 Å². The third-order valence-electron chi connectivity index (χ3n) is 5.49. The highest BCUT2D eigenvalue weighted by Gasteiger charge is 2.37. The molecule has 3 rings (SSSR count). The summed E-state index contributed by atoms with van der Waals surface area (Å²) in [5.74, 6) is 0.231. The fourth-order valence-corrected chi connectivity index (χ4v) is 4.46. The average Bonchev–Trinajstić information content (AvgIpc) is 2.62. The molecule has 1 aromatic carbocycles. The van der Waals surface area contributed by atoms with Crippen molar-refractivity contribution in [2.45, 2.75) is 65.5 Å². The largest absolute Gasteiger partial charge is 0.364 e. The first kappa shape index (κ1) is 20.1. The maximum atomic E-state index is 12.1. The summed E-state index contributed by atoms with van der Waals surface area (Å²) in [5, 5.41) is 4.18. The Morgan fingerprint density at radius 2 is 2.00 bits per heavy atom. The molecule has 0 spiro atoms. The van der Waals surface area contributed by atoms with Crippen molar-refractivity contribution in [3.05, 3.63) is 58.9 Å². The van der Waals surface area contributed by atoms with Crippen LogP contribution >= 0.6 is 0 Å². The van der Waals surface area contributed by atoms with Gasteiger partial charge in [0, 0.05) is 35.2 Å². The molecule has 28 heavy (non-hydrogen) atoms. The number of fused-ring (bicyclic) bond motifs is 1. The normalized spacial score (nSPS) is 18.4. The smallest absolute Gasteiger partial charge is 0.271 e. The molecule has 1 aromatic heterocycles. The van der Waals surface area contributed by atoms with Gasteiger partial charge in [0.25, 0.3) is 5.91 Å². The minimum Gasteiger partial charge on any atom is -0.364 e. The number of hydrazone groups is 1. The number of pyridine rings is 1. The van der Waals surface area contributed by atoms with Gasteiger partial charge in [-0.1, -0.05) is 6.92 Å². The zero-order valence-electron chi connectivity index (χ0n) is 17.7. The number of carbonyl (C=O) groups is 1. The van der Waals surface area contributed by atoms with Crippen molar-refractivity contribution in [1.29, 1.82) is 0 Å². The summed E-state index contributed by atoms with van der Waals surface area (Å²) in [7, 11) is 0. The molecule has 0 unspecified atom stereocenters. The predicted octanol–water partition coefficient (Wildman–Crippen LogP) is 4.65. The molecule has 5 heteroatoms. The zero-order chi connectivity index (χ0) is 20.5. The fraction of sp³-hybridized carbons (Fsp3) is 0.435. The van der Waals surface area contributed by atoms with E-state index in [-0.39, 0.29) is 11.4 Å². The van der Waals surface area contributed by atoms with Gasteiger partial charge in [0.2, 0.25) is 0 Å². The lowest BCUT2D eigenvalue weighted by Crippen LogP contribution is -2.51. The Hall–Kier alpha value is -2.69. The highest BCUT2D eigenvalue weighted by Crippen LogP contribution is 2.45. The Morgan fingerprint density at radius 1 is 1.32 bits per heavy atom. The number of aromatic nitrogens is 1. The van der Waals surface area contributed by atoms with E-state index < -0.39 is 0 Å². The molecule has 0 aliphatic carbocycles. The summed E-state index contributed by atoms with van der Waals surface area (Å²) in [6, 6.07) is 8.25. The Morgan fingerprint density at radius 3 is 2.64 bits per heavy atom. The van der Waals surface area contributed by atoms with E-state index in [1.807, 2.05) is 0 Å². The number of benzene rings is 1. The van der Waals surface area contributed by atoms with Crippen molar-refractivity contribution < 1.29 is 4.79 Å². The summed E-state index contributed by atoms with van der Waals surface area (Å²) in [6.07, 6.45) is 6.03. The average molecular weight is 379 g/mol. The van der Waals surface area contributed by atoms with Crippen molar-refractivity contribution in [2.75, 3.05) is 4.90 Å². The van der Waals surface area contributed by atoms with Crippen molar-refractivity contribution >= 4 is 17.8 Å². The van der Waals surface area contributed by atoms with Crippen LogP contribution in [0.1, 0.15) is 74.0 Å². The lowest BCUT2D eigenvalue weighted by molar-refractivity contribution is 0.0955. The molecule has 1 amide bonds. The molecular weight excluding hydrogens is 348 g/mol. The first-order valence-electron chi connectivity index (χ1n) is 9.88. The van der Waals surface area contributed by atoms with Crippen molar-refractivity contribution in [2.24, 2.45) is 5.10 Å². The summed E-state index contributed by atoms with van der Waals surface area (Å²) in [5.41, 5.74) is 8.11. The Balaban J connectivity index is 1.87. The third-order valence-corrected chi connectivity index (χ3v) is 5.49. The summed E-state index contributed by atoms with van der Waals surface area (Å²) < 4.78 is 0. The number of rotatable bonds is 4. The number of hydrogen-bond acceptors (Lipinski definition) is 4. The second-order valence-corrected chi connectivity index (χ2v) is 8.58. The first-order valence-corrected chi connectivity index (χ1v) is 9.88. The molecule has 2 heterocycles. The van der Waals surface area contributed by atoms with Gasteiger partial charge < -0.3 is 4.90 Å². The van der Waals surface area contributed by atoms with Gasteiger partial charge in [-0.3, -0.25) is 9.78 Å². The molecule has 0 radical (unpaired) electrons. The second kappa shape index (κ2) is 7.74. The quantitative estimate of drug-likeness (QED) is 0.622. The fourth-order valence-electron chi connectivity index (χ4n) is 4.46. The van der Waals surface area contributed by atoms with E-state index in [1.165, 1.54) is 11.3 Å². The van der Waals surface area contributed by atoms with Gasteiger partial charge in [-0.25, -0.2) is 5.43 Å². The van der Waals surface area contributed by atoms with Crippen molar-refractivity contribution in [3.63, 3.8) is 0 Å². The van der Waals surface area contributed by atoms with E-state index in [9.17, 15) is 4.79 Å². The Bertz CT molecular complexity index is 887. The monoisotopic (exact) mass is 378 g/mol. The van der Waals surface area contributed by atoms with Crippen LogP contribution in [-0.4, -0.2) is 28.7 Å². The molecule has 1 aliphatic heterocycles. The molecular formula is C23H30N4O. The lowest BCUT2D eigenvalue weighted by atomic mass is 9.78. The van der Waals surface area contributed by atoms with Gasteiger partial charge in [-0.05, 0) is 87.9 Å². The van der Waals surface area contributed by atoms with E-state index >= 15 is 0 Å². The predicted molar refractivity (Wildman–Crippen MR) is 115 cm³/mol. The second-order valence-electron chi connectivity index (χ2n) is 8.58. The molecule has 1 N–H and O–H groups in total. The summed E-state index contributed by atoms with van der Waals surface area (Å²) in [6.45, 7) is 13.5. The highest BCUT2D eigenvalue weighted by molar-refractivity contribution is 5.95. The van der Waals surface area contributed by atoms with Crippen LogP contribution in [0, 0.1) is 6.92 Å². The van der Waals surface area contributed by atoms with Crippen LogP contribution < -0.4 is 10.3 Å². The standard InChI is InChI=1S/C23H30N4O/c1-15(2)27-21-11-16(3)19(12-20(21)17(4)13-23(27,5)6)14-25-26-22(28)18-7-9-24-10-8-18/h7-12,14-15,17H,13H2,1-6H3,(H,26,28)/b25-14-/t17-/m1/s1. The van der Waals surface area contributed by atoms with Crippen LogP contribution in [0.5, 0.6) is 0 Å². The van der Waals surface area contributed by atoms with E-state index in [0.29, 0.717) is 17.5 Å². The number of amides is 1. The molecule has 148 valence electrons. The van der Waals surface area contributed by atoms with Gasteiger partial charge in [0.05, 0.1) is 6.21 Å². The van der Waals surface area contributed by atoms with E-state index in [1.54, 1.807) is 30.7 Å². The molecule has 5 nitrogen and oxygen atoms in total. The van der Waals surface area contributed by atoms with Gasteiger partial charge >= 0.3 is 0 Å². The van der Waals surface area contributed by atoms with Crippen LogP contribution in [0.3, 0.4) is 0 Å². The number of aryl methyl sites for hydroxylation is 1. The van der Waals surface area contributed by atoms with Crippen LogP contribution in [0.15, 0.2) is 41.8 Å². The maximum absolute atomic E-state index is 12.1. The number of nitrogens with one attached hydrogen (secondary N) is 1. The summed E-state index contributed by atoms with van der Waals surface area (Å²) >= 11 is 0. The van der Waals surface area contributed by atoms with Crippen molar-refractivity contribution in [3.8, 4) is 0 Å². The van der Waals surface area contributed by atoms with Crippen LogP contribution in [0.4, 0.5) is 5.69 Å². The molecule has 1 aliphatic rings. The molecule has 0 fully saturated rings. The Labute approximate surface area is 167 Å². The van der Waals surface area contributed by atoms with Gasteiger partial charge in [-0.2, -0.15) is 5.10 Å². The zero-order valence-corrected chi connectivity index (χ0v) is 17.7. The number of nitrogens with zero attached hydrogens (tertiary/aromatic N) is 3. The minimum absolute atomic E-state index is 0.126. The topological polar surface area (TPSA) is 57.6 Å². The van der Waals surface area contributed by atoms with Crippen molar-refractivity contribution in [1.82, 2.24) is 10.4 Å². The first-order chi connectivity index (χ1) is 13.2. The maximum Gasteiger partial charge on any atom is 0.271 e. The number of anilines is 1. The highest BCUT2D eigenvalue weighted by atomic mass is 16.2. The lowest BCUT2D eigenvalue weighted by Gasteiger charge is -2.50. The SMILES string of the molecule is Cc1cc2c(cc1/C=N\NC(=O)c1ccncc1)[C@H](C)CC(C)(C)N2C(C)C. The summed E-state index contributed by atoms with van der Waals surface area (Å²) in [4.78, 5) is 18.6. The Kier molecular flexibility index (Phi) is 5.54. The molecule has 0 saturated heterocycles.